The van der Waals surface area contributed by atoms with E-state index in [4.69, 9.17) is 10.5 Å². The summed E-state index contributed by atoms with van der Waals surface area (Å²) in [6.07, 6.45) is 0.467. The molecule has 0 saturated carbocycles. The Balaban J connectivity index is 2.33. The van der Waals surface area contributed by atoms with Crippen LogP contribution in [0.4, 0.5) is 17.6 Å². The van der Waals surface area contributed by atoms with Crippen LogP contribution >= 0.6 is 0 Å². The Labute approximate surface area is 121 Å². The molecule has 21 heavy (non-hydrogen) atoms. The SMILES string of the molecule is CC(C)(C)OC(=O)C(N)CCCN1CC(F)(F)C(F)(F)C1. The third kappa shape index (κ3) is 5.10. The highest BCUT2D eigenvalue weighted by Crippen LogP contribution is 2.40. The number of rotatable bonds is 5. The molecule has 0 aromatic rings. The fourth-order valence-corrected chi connectivity index (χ4v) is 2.04. The molecule has 8 heteroatoms. The first kappa shape index (κ1) is 18.2. The summed E-state index contributed by atoms with van der Waals surface area (Å²) in [5.41, 5.74) is 4.97. The number of carbonyl (C=O) groups excluding carboxylic acids is 1. The van der Waals surface area contributed by atoms with Crippen LogP contribution in [0, 0.1) is 0 Å². The monoisotopic (exact) mass is 314 g/mol. The number of halogens is 4. The van der Waals surface area contributed by atoms with Gasteiger partial charge in [-0.3, -0.25) is 9.69 Å². The molecule has 1 rings (SSSR count). The molecule has 1 fully saturated rings. The maximum absolute atomic E-state index is 13.0. The molecule has 0 aromatic carbocycles. The summed E-state index contributed by atoms with van der Waals surface area (Å²) in [5.74, 6) is -8.58. The Morgan fingerprint density at radius 2 is 1.71 bits per heavy atom. The Bertz CT molecular complexity index is 367. The lowest BCUT2D eigenvalue weighted by Gasteiger charge is -2.22. The first-order chi connectivity index (χ1) is 9.34. The minimum atomic E-state index is -4.00. The number of carbonyl (C=O) groups is 1. The maximum atomic E-state index is 13.0. The summed E-state index contributed by atoms with van der Waals surface area (Å²) in [4.78, 5) is 12.6. The van der Waals surface area contributed by atoms with Gasteiger partial charge < -0.3 is 10.5 Å². The molecule has 1 aliphatic rings. The topological polar surface area (TPSA) is 55.6 Å². The largest absolute Gasteiger partial charge is 0.459 e. The summed E-state index contributed by atoms with van der Waals surface area (Å²) < 4.78 is 57.0. The molecule has 124 valence electrons. The van der Waals surface area contributed by atoms with Crippen LogP contribution in [-0.4, -0.2) is 54.0 Å². The number of nitrogens with zero attached hydrogens (tertiary/aromatic N) is 1. The summed E-state index contributed by atoms with van der Waals surface area (Å²) in [6.45, 7) is 3.20. The van der Waals surface area contributed by atoms with Crippen molar-refractivity contribution in [3.05, 3.63) is 0 Å². The Hall–Kier alpha value is -0.890. The molecular formula is C13H22F4N2O2. The highest BCUT2D eigenvalue weighted by molar-refractivity contribution is 5.75. The smallest absolute Gasteiger partial charge is 0.323 e. The number of hydrogen-bond donors (Lipinski definition) is 1. The lowest BCUT2D eigenvalue weighted by molar-refractivity contribution is -0.172. The van der Waals surface area contributed by atoms with E-state index in [-0.39, 0.29) is 19.4 Å². The van der Waals surface area contributed by atoms with E-state index in [9.17, 15) is 22.4 Å². The second kappa shape index (κ2) is 6.08. The highest BCUT2D eigenvalue weighted by Gasteiger charge is 2.62. The van der Waals surface area contributed by atoms with Crippen LogP contribution in [0.1, 0.15) is 33.6 Å². The molecule has 1 heterocycles. The normalized spacial score (nSPS) is 23.0. The molecule has 0 radical (unpaired) electrons. The third-order valence-corrected chi connectivity index (χ3v) is 3.08. The van der Waals surface area contributed by atoms with Crippen molar-refractivity contribution in [3.8, 4) is 0 Å². The lowest BCUT2D eigenvalue weighted by atomic mass is 10.1. The minimum Gasteiger partial charge on any atom is -0.459 e. The van der Waals surface area contributed by atoms with Crippen molar-refractivity contribution < 1.29 is 27.1 Å². The molecule has 1 unspecified atom stereocenters. The van der Waals surface area contributed by atoms with Crippen LogP contribution in [-0.2, 0) is 9.53 Å². The summed E-state index contributed by atoms with van der Waals surface area (Å²) in [6, 6.07) is -0.882. The highest BCUT2D eigenvalue weighted by atomic mass is 19.3. The second-order valence-electron chi connectivity index (χ2n) is 6.40. The van der Waals surface area contributed by atoms with E-state index in [1.54, 1.807) is 20.8 Å². The average molecular weight is 314 g/mol. The molecule has 1 saturated heterocycles. The van der Waals surface area contributed by atoms with Crippen LogP contribution < -0.4 is 5.73 Å². The third-order valence-electron chi connectivity index (χ3n) is 3.08. The number of ether oxygens (including phenoxy) is 1. The molecule has 0 bridgehead atoms. The van der Waals surface area contributed by atoms with Crippen LogP contribution in [0.25, 0.3) is 0 Å². The summed E-state index contributed by atoms with van der Waals surface area (Å²) in [5, 5.41) is 0. The van der Waals surface area contributed by atoms with Crippen LogP contribution in [0.2, 0.25) is 0 Å². The first-order valence-corrected chi connectivity index (χ1v) is 6.80. The molecule has 0 aliphatic carbocycles. The van der Waals surface area contributed by atoms with Gasteiger partial charge in [-0.25, -0.2) is 0 Å². The van der Waals surface area contributed by atoms with E-state index in [0.29, 0.717) is 0 Å². The van der Waals surface area contributed by atoms with E-state index < -0.39 is 42.5 Å². The van der Waals surface area contributed by atoms with E-state index in [1.165, 1.54) is 0 Å². The zero-order chi connectivity index (χ0) is 16.5. The number of alkyl halides is 4. The quantitative estimate of drug-likeness (QED) is 0.623. The Kier molecular flexibility index (Phi) is 5.26. The zero-order valence-electron chi connectivity index (χ0n) is 12.5. The van der Waals surface area contributed by atoms with Gasteiger partial charge in [0.2, 0.25) is 0 Å². The molecule has 0 aromatic heterocycles. The van der Waals surface area contributed by atoms with Gasteiger partial charge in [0.1, 0.15) is 11.6 Å². The van der Waals surface area contributed by atoms with Crippen molar-refractivity contribution in [2.24, 2.45) is 5.73 Å². The number of hydrogen-bond acceptors (Lipinski definition) is 4. The second-order valence-corrected chi connectivity index (χ2v) is 6.40. The van der Waals surface area contributed by atoms with Gasteiger partial charge in [-0.1, -0.05) is 0 Å². The van der Waals surface area contributed by atoms with Crippen molar-refractivity contribution >= 4 is 5.97 Å². The van der Waals surface area contributed by atoms with Gasteiger partial charge >= 0.3 is 17.8 Å². The van der Waals surface area contributed by atoms with Gasteiger partial charge in [-0.05, 0) is 40.2 Å². The standard InChI is InChI=1S/C13H22F4N2O2/c1-11(2,3)21-10(20)9(18)5-4-6-19-7-12(14,15)13(16,17)8-19/h9H,4-8,18H2,1-3H3. The van der Waals surface area contributed by atoms with Gasteiger partial charge in [-0.15, -0.1) is 0 Å². The fraction of sp³-hybridized carbons (Fsp3) is 0.923. The zero-order valence-corrected chi connectivity index (χ0v) is 12.5. The molecule has 1 aliphatic heterocycles. The van der Waals surface area contributed by atoms with Gasteiger partial charge in [0.25, 0.3) is 0 Å². The van der Waals surface area contributed by atoms with Crippen molar-refractivity contribution in [2.75, 3.05) is 19.6 Å². The van der Waals surface area contributed by atoms with E-state index in [2.05, 4.69) is 0 Å². The minimum absolute atomic E-state index is 0.0433. The predicted molar refractivity (Wildman–Crippen MR) is 69.4 cm³/mol. The molecule has 0 amide bonds. The molecule has 0 spiro atoms. The number of likely N-dealkylation sites (tertiary alicyclic amines) is 1. The van der Waals surface area contributed by atoms with E-state index >= 15 is 0 Å². The first-order valence-electron chi connectivity index (χ1n) is 6.80. The van der Waals surface area contributed by atoms with Crippen molar-refractivity contribution in [1.29, 1.82) is 0 Å². The number of nitrogens with two attached hydrogens (primary N) is 1. The Morgan fingerprint density at radius 3 is 2.14 bits per heavy atom. The average Bonchev–Trinajstić information content (AvgIpc) is 2.44. The van der Waals surface area contributed by atoms with Crippen LogP contribution in [0.5, 0.6) is 0 Å². The summed E-state index contributed by atoms with van der Waals surface area (Å²) >= 11 is 0. The van der Waals surface area contributed by atoms with Gasteiger partial charge in [0.15, 0.2) is 0 Å². The van der Waals surface area contributed by atoms with Gasteiger partial charge in [0.05, 0.1) is 13.1 Å². The van der Waals surface area contributed by atoms with E-state index in [1.807, 2.05) is 0 Å². The Morgan fingerprint density at radius 1 is 1.24 bits per heavy atom. The maximum Gasteiger partial charge on any atom is 0.323 e. The van der Waals surface area contributed by atoms with Gasteiger partial charge in [-0.2, -0.15) is 17.6 Å². The van der Waals surface area contributed by atoms with Crippen molar-refractivity contribution in [2.45, 2.75) is 57.1 Å². The molecule has 4 nitrogen and oxygen atoms in total. The predicted octanol–water partition coefficient (Wildman–Crippen LogP) is 2.02. The molecular weight excluding hydrogens is 292 g/mol. The van der Waals surface area contributed by atoms with E-state index in [0.717, 1.165) is 4.90 Å². The summed E-state index contributed by atoms with van der Waals surface area (Å²) in [7, 11) is 0. The van der Waals surface area contributed by atoms with Crippen LogP contribution in [0.15, 0.2) is 0 Å². The van der Waals surface area contributed by atoms with Crippen molar-refractivity contribution in [3.63, 3.8) is 0 Å². The van der Waals surface area contributed by atoms with Gasteiger partial charge in [0, 0.05) is 0 Å². The van der Waals surface area contributed by atoms with Crippen molar-refractivity contribution in [1.82, 2.24) is 4.90 Å². The van der Waals surface area contributed by atoms with Crippen LogP contribution in [0.3, 0.4) is 0 Å². The molecule has 1 atom stereocenters. The molecule has 2 N–H and O–H groups in total. The lowest BCUT2D eigenvalue weighted by Crippen LogP contribution is -2.38. The number of esters is 1. The fourth-order valence-electron chi connectivity index (χ4n) is 2.04.